The highest BCUT2D eigenvalue weighted by molar-refractivity contribution is 6.08. The number of hydrogen-bond acceptors (Lipinski definition) is 7. The minimum Gasteiger partial charge on any atom is -0.496 e. The van der Waals surface area contributed by atoms with Crippen molar-refractivity contribution in [1.82, 2.24) is 0 Å². The standard InChI is InChI=1S/C23H32N2O5/c1-14(2)7-10-19(30-12-11-15(3)4)16-13-20(28-5)21-17(24-26)8-9-18(25-27)22(21)23(16)29-6/h7-9,13,15,19,24,26H,10-12H2,1-6H3/t19-/m1/s1. The number of benzene rings is 2. The number of ether oxygens (including phenoxy) is 3. The minimum atomic E-state index is -0.294. The number of anilines is 1. The molecule has 2 aromatic rings. The monoisotopic (exact) mass is 416 g/mol. The van der Waals surface area contributed by atoms with Crippen LogP contribution in [0.2, 0.25) is 0 Å². The van der Waals surface area contributed by atoms with Crippen molar-refractivity contribution >= 4 is 22.1 Å². The Morgan fingerprint density at radius 2 is 1.93 bits per heavy atom. The lowest BCUT2D eigenvalue weighted by molar-refractivity contribution is 0.0460. The van der Waals surface area contributed by atoms with Crippen LogP contribution in [0.15, 0.2) is 35.0 Å². The summed E-state index contributed by atoms with van der Waals surface area (Å²) in [5.74, 6) is 1.48. The third-order valence-electron chi connectivity index (χ3n) is 4.95. The van der Waals surface area contributed by atoms with Crippen LogP contribution >= 0.6 is 0 Å². The molecule has 0 fully saturated rings. The predicted octanol–water partition coefficient (Wildman–Crippen LogP) is 6.52. The summed E-state index contributed by atoms with van der Waals surface area (Å²) in [5, 5.41) is 13.7. The maximum absolute atomic E-state index is 11.6. The van der Waals surface area contributed by atoms with Crippen LogP contribution in [0.3, 0.4) is 0 Å². The molecule has 2 N–H and O–H groups in total. The van der Waals surface area contributed by atoms with Crippen molar-refractivity contribution in [2.75, 3.05) is 26.3 Å². The normalized spacial score (nSPS) is 12.0. The molecule has 2 rings (SSSR count). The lowest BCUT2D eigenvalue weighted by Gasteiger charge is -2.23. The van der Waals surface area contributed by atoms with Crippen molar-refractivity contribution in [2.24, 2.45) is 11.1 Å². The summed E-state index contributed by atoms with van der Waals surface area (Å²) in [5.41, 5.74) is 4.70. The summed E-state index contributed by atoms with van der Waals surface area (Å²) in [6.07, 6.45) is 3.39. The maximum Gasteiger partial charge on any atom is 0.135 e. The van der Waals surface area contributed by atoms with E-state index in [0.29, 0.717) is 46.9 Å². The molecule has 164 valence electrons. The molecule has 0 unspecified atom stereocenters. The van der Waals surface area contributed by atoms with E-state index in [9.17, 15) is 10.1 Å². The Balaban J connectivity index is 2.75. The van der Waals surface area contributed by atoms with Gasteiger partial charge in [-0.2, -0.15) is 0 Å². The Bertz CT molecular complexity index is 904. The van der Waals surface area contributed by atoms with Crippen LogP contribution in [-0.2, 0) is 4.74 Å². The summed E-state index contributed by atoms with van der Waals surface area (Å²) < 4.78 is 17.6. The van der Waals surface area contributed by atoms with E-state index >= 15 is 0 Å². The van der Waals surface area contributed by atoms with Gasteiger partial charge >= 0.3 is 0 Å². The smallest absolute Gasteiger partial charge is 0.135 e. The van der Waals surface area contributed by atoms with Crippen molar-refractivity contribution in [2.45, 2.75) is 46.6 Å². The Morgan fingerprint density at radius 3 is 2.47 bits per heavy atom. The zero-order chi connectivity index (χ0) is 22.3. The molecule has 0 heterocycles. The van der Waals surface area contributed by atoms with Gasteiger partial charge in [-0.25, -0.2) is 0 Å². The lowest BCUT2D eigenvalue weighted by atomic mass is 9.96. The Labute approximate surface area is 178 Å². The van der Waals surface area contributed by atoms with E-state index in [2.05, 4.69) is 30.6 Å². The Morgan fingerprint density at radius 1 is 1.20 bits per heavy atom. The molecule has 0 bridgehead atoms. The topological polar surface area (TPSA) is 89.4 Å². The van der Waals surface area contributed by atoms with Crippen molar-refractivity contribution in [1.29, 1.82) is 0 Å². The van der Waals surface area contributed by atoms with E-state index in [1.807, 2.05) is 19.9 Å². The SMILES string of the molecule is COc1cc([C@@H](CC=C(C)C)OCCC(C)C)c(OC)c2c(N=O)ccc(NO)c12. The van der Waals surface area contributed by atoms with Gasteiger partial charge in [-0.05, 0) is 56.0 Å². The molecule has 2 aromatic carbocycles. The van der Waals surface area contributed by atoms with Gasteiger partial charge in [0.25, 0.3) is 0 Å². The van der Waals surface area contributed by atoms with Gasteiger partial charge in [0.1, 0.15) is 17.2 Å². The highest BCUT2D eigenvalue weighted by Crippen LogP contribution is 2.48. The van der Waals surface area contributed by atoms with E-state index in [0.717, 1.165) is 12.0 Å². The second-order valence-electron chi connectivity index (χ2n) is 7.85. The Hall–Kier alpha value is -2.64. The van der Waals surface area contributed by atoms with Gasteiger partial charge in [0.05, 0.1) is 36.8 Å². The van der Waals surface area contributed by atoms with Gasteiger partial charge in [-0.3, -0.25) is 10.7 Å². The molecule has 7 nitrogen and oxygen atoms in total. The molecule has 0 spiro atoms. The van der Waals surface area contributed by atoms with Crippen molar-refractivity contribution in [3.05, 3.63) is 40.3 Å². The molecule has 0 aliphatic rings. The van der Waals surface area contributed by atoms with E-state index in [-0.39, 0.29) is 11.8 Å². The van der Waals surface area contributed by atoms with Crippen molar-refractivity contribution < 1.29 is 19.4 Å². The second-order valence-corrected chi connectivity index (χ2v) is 7.85. The summed E-state index contributed by atoms with van der Waals surface area (Å²) >= 11 is 0. The van der Waals surface area contributed by atoms with Crippen LogP contribution in [0.4, 0.5) is 11.4 Å². The molecular formula is C23H32N2O5. The zero-order valence-electron chi connectivity index (χ0n) is 18.6. The van der Waals surface area contributed by atoms with Crippen LogP contribution in [-0.4, -0.2) is 26.0 Å². The first kappa shape index (κ1) is 23.6. The third kappa shape index (κ3) is 5.29. The molecule has 0 aliphatic carbocycles. The van der Waals surface area contributed by atoms with Gasteiger partial charge in [0, 0.05) is 12.2 Å². The molecular weight excluding hydrogens is 384 g/mol. The molecule has 0 aromatic heterocycles. The quantitative estimate of drug-likeness (QED) is 0.246. The van der Waals surface area contributed by atoms with Crippen LogP contribution < -0.4 is 15.0 Å². The first-order valence-electron chi connectivity index (χ1n) is 10.1. The van der Waals surface area contributed by atoms with Gasteiger partial charge in [-0.15, -0.1) is 4.91 Å². The van der Waals surface area contributed by atoms with E-state index in [1.165, 1.54) is 18.7 Å². The first-order valence-corrected chi connectivity index (χ1v) is 10.1. The van der Waals surface area contributed by atoms with E-state index in [4.69, 9.17) is 14.2 Å². The number of methoxy groups -OCH3 is 2. The molecule has 0 saturated carbocycles. The fourth-order valence-corrected chi connectivity index (χ4v) is 3.36. The molecule has 0 saturated heterocycles. The third-order valence-corrected chi connectivity index (χ3v) is 4.95. The van der Waals surface area contributed by atoms with E-state index in [1.54, 1.807) is 13.2 Å². The molecule has 0 aliphatic heterocycles. The highest BCUT2D eigenvalue weighted by atomic mass is 16.5. The summed E-state index contributed by atoms with van der Waals surface area (Å²) in [4.78, 5) is 11.6. The predicted molar refractivity (Wildman–Crippen MR) is 120 cm³/mol. The minimum absolute atomic E-state index is 0.198. The summed E-state index contributed by atoms with van der Waals surface area (Å²) in [6.45, 7) is 8.98. The number of allylic oxidation sites excluding steroid dienone is 1. The number of nitroso groups, excluding NO2 is 1. The number of nitrogens with one attached hydrogen (secondary N) is 1. The second kappa shape index (κ2) is 10.9. The van der Waals surface area contributed by atoms with Crippen LogP contribution in [0.25, 0.3) is 10.8 Å². The molecule has 1 atom stereocenters. The lowest BCUT2D eigenvalue weighted by Crippen LogP contribution is -2.09. The highest BCUT2D eigenvalue weighted by Gasteiger charge is 2.25. The van der Waals surface area contributed by atoms with Gasteiger partial charge in [0.15, 0.2) is 0 Å². The average molecular weight is 417 g/mol. The number of hydrogen-bond donors (Lipinski definition) is 2. The number of rotatable bonds is 11. The van der Waals surface area contributed by atoms with Gasteiger partial charge in [0.2, 0.25) is 0 Å². The van der Waals surface area contributed by atoms with E-state index < -0.39 is 0 Å². The molecule has 30 heavy (non-hydrogen) atoms. The zero-order valence-corrected chi connectivity index (χ0v) is 18.6. The number of nitrogens with zero attached hydrogens (tertiary/aromatic N) is 1. The van der Waals surface area contributed by atoms with Crippen LogP contribution in [0.5, 0.6) is 11.5 Å². The van der Waals surface area contributed by atoms with Crippen LogP contribution in [0.1, 0.15) is 52.2 Å². The van der Waals surface area contributed by atoms with Crippen LogP contribution in [0, 0.1) is 10.8 Å². The van der Waals surface area contributed by atoms with Crippen molar-refractivity contribution in [3.8, 4) is 11.5 Å². The molecule has 7 heteroatoms. The average Bonchev–Trinajstić information content (AvgIpc) is 2.73. The van der Waals surface area contributed by atoms with Gasteiger partial charge in [-0.1, -0.05) is 25.5 Å². The fourth-order valence-electron chi connectivity index (χ4n) is 3.36. The fraction of sp³-hybridized carbons (Fsp3) is 0.478. The molecule has 0 amide bonds. The van der Waals surface area contributed by atoms with Gasteiger partial charge < -0.3 is 14.2 Å². The maximum atomic E-state index is 11.6. The Kier molecular flexibility index (Phi) is 8.62. The summed E-state index contributed by atoms with van der Waals surface area (Å²) in [6, 6.07) is 4.94. The first-order chi connectivity index (χ1) is 14.4. The van der Waals surface area contributed by atoms with Crippen molar-refractivity contribution in [3.63, 3.8) is 0 Å². The molecule has 0 radical (unpaired) electrons. The largest absolute Gasteiger partial charge is 0.496 e. The summed E-state index contributed by atoms with van der Waals surface area (Å²) in [7, 11) is 3.09. The number of fused-ring (bicyclic) bond motifs is 1.